The Bertz CT molecular complexity index is 621. The number of methoxy groups -OCH3 is 1. The van der Waals surface area contributed by atoms with Gasteiger partial charge in [-0.05, 0) is 70.3 Å². The summed E-state index contributed by atoms with van der Waals surface area (Å²) in [5.74, 6) is 0.881. The largest absolute Gasteiger partial charge is 0.491 e. The fourth-order valence-electron chi connectivity index (χ4n) is 3.29. The second-order valence-electron chi connectivity index (χ2n) is 7.50. The first kappa shape index (κ1) is 25.4. The van der Waals surface area contributed by atoms with Gasteiger partial charge in [0.05, 0.1) is 6.61 Å². The third-order valence-electron chi connectivity index (χ3n) is 5.56. The molecule has 0 saturated carbocycles. The van der Waals surface area contributed by atoms with Gasteiger partial charge in [-0.2, -0.15) is 0 Å². The summed E-state index contributed by atoms with van der Waals surface area (Å²) >= 11 is 0. The van der Waals surface area contributed by atoms with Crippen molar-refractivity contribution >= 4 is 5.91 Å². The molecule has 1 aromatic carbocycles. The SMILES string of the molecule is CCOCC(=O)NC(CC)CCN(C)C(C)c1ccc(OCCOC)c(C)c1C. The number of nitrogens with one attached hydrogen (secondary N) is 1. The third kappa shape index (κ3) is 8.33. The summed E-state index contributed by atoms with van der Waals surface area (Å²) in [5, 5.41) is 3.07. The molecule has 29 heavy (non-hydrogen) atoms. The predicted molar refractivity (Wildman–Crippen MR) is 118 cm³/mol. The lowest BCUT2D eigenvalue weighted by Crippen LogP contribution is -2.39. The van der Waals surface area contributed by atoms with E-state index in [0.29, 0.717) is 19.8 Å². The van der Waals surface area contributed by atoms with Crippen LogP contribution in [0.2, 0.25) is 0 Å². The molecule has 1 aromatic rings. The highest BCUT2D eigenvalue weighted by Gasteiger charge is 2.18. The van der Waals surface area contributed by atoms with Crippen LogP contribution in [0.3, 0.4) is 0 Å². The lowest BCUT2D eigenvalue weighted by molar-refractivity contribution is -0.126. The van der Waals surface area contributed by atoms with Gasteiger partial charge in [-0.1, -0.05) is 13.0 Å². The predicted octanol–water partition coefficient (Wildman–Crippen LogP) is 3.64. The molecule has 1 amide bonds. The Morgan fingerprint density at radius 1 is 1.17 bits per heavy atom. The lowest BCUT2D eigenvalue weighted by Gasteiger charge is -2.29. The van der Waals surface area contributed by atoms with Crippen LogP contribution in [0, 0.1) is 13.8 Å². The molecule has 0 bridgehead atoms. The van der Waals surface area contributed by atoms with Crippen molar-refractivity contribution in [2.45, 2.75) is 59.5 Å². The van der Waals surface area contributed by atoms with Gasteiger partial charge in [-0.15, -0.1) is 0 Å². The minimum atomic E-state index is -0.0371. The van der Waals surface area contributed by atoms with Crippen molar-refractivity contribution < 1.29 is 19.0 Å². The molecule has 0 spiro atoms. The van der Waals surface area contributed by atoms with Crippen LogP contribution >= 0.6 is 0 Å². The Morgan fingerprint density at radius 2 is 1.90 bits per heavy atom. The van der Waals surface area contributed by atoms with Gasteiger partial charge in [0.1, 0.15) is 19.0 Å². The zero-order chi connectivity index (χ0) is 21.8. The van der Waals surface area contributed by atoms with Crippen molar-refractivity contribution in [3.63, 3.8) is 0 Å². The highest BCUT2D eigenvalue weighted by Crippen LogP contribution is 2.30. The molecule has 166 valence electrons. The average molecular weight is 409 g/mol. The molecule has 1 rings (SSSR count). The smallest absolute Gasteiger partial charge is 0.246 e. The highest BCUT2D eigenvalue weighted by atomic mass is 16.5. The second-order valence-corrected chi connectivity index (χ2v) is 7.50. The number of nitrogens with zero attached hydrogens (tertiary/aromatic N) is 1. The van der Waals surface area contributed by atoms with Crippen LogP contribution in [-0.2, 0) is 14.3 Å². The van der Waals surface area contributed by atoms with E-state index in [-0.39, 0.29) is 24.6 Å². The van der Waals surface area contributed by atoms with E-state index in [1.165, 1.54) is 16.7 Å². The zero-order valence-corrected chi connectivity index (χ0v) is 19.3. The molecular formula is C23H40N2O4. The van der Waals surface area contributed by atoms with Gasteiger partial charge in [0, 0.05) is 32.3 Å². The summed E-state index contributed by atoms with van der Waals surface area (Å²) in [4.78, 5) is 14.2. The van der Waals surface area contributed by atoms with E-state index in [4.69, 9.17) is 14.2 Å². The van der Waals surface area contributed by atoms with Crippen molar-refractivity contribution in [1.29, 1.82) is 0 Å². The number of benzene rings is 1. The minimum absolute atomic E-state index is 0.0371. The first-order valence-corrected chi connectivity index (χ1v) is 10.6. The molecule has 0 aliphatic heterocycles. The van der Waals surface area contributed by atoms with Gasteiger partial charge in [-0.3, -0.25) is 9.69 Å². The maximum atomic E-state index is 11.9. The number of ether oxygens (including phenoxy) is 3. The molecule has 6 heteroatoms. The Hall–Kier alpha value is -1.63. The van der Waals surface area contributed by atoms with Crippen LogP contribution in [0.1, 0.15) is 56.3 Å². The summed E-state index contributed by atoms with van der Waals surface area (Å²) in [6.45, 7) is 13.2. The van der Waals surface area contributed by atoms with E-state index >= 15 is 0 Å². The number of amides is 1. The summed E-state index contributed by atoms with van der Waals surface area (Å²) in [5.41, 5.74) is 3.74. The molecular weight excluding hydrogens is 368 g/mol. The molecule has 2 unspecified atom stereocenters. The van der Waals surface area contributed by atoms with Gasteiger partial charge in [-0.25, -0.2) is 0 Å². The normalized spacial score (nSPS) is 13.4. The van der Waals surface area contributed by atoms with Gasteiger partial charge < -0.3 is 19.5 Å². The van der Waals surface area contributed by atoms with Gasteiger partial charge in [0.15, 0.2) is 0 Å². The molecule has 0 aliphatic carbocycles. The maximum Gasteiger partial charge on any atom is 0.246 e. The Kier molecular flexibility index (Phi) is 11.9. The molecule has 0 fully saturated rings. The molecule has 1 N–H and O–H groups in total. The highest BCUT2D eigenvalue weighted by molar-refractivity contribution is 5.77. The van der Waals surface area contributed by atoms with Crippen molar-refractivity contribution in [3.05, 3.63) is 28.8 Å². The summed E-state index contributed by atoms with van der Waals surface area (Å²) in [7, 11) is 3.81. The number of carbonyl (C=O) groups excluding carboxylic acids is 1. The zero-order valence-electron chi connectivity index (χ0n) is 19.3. The van der Waals surface area contributed by atoms with Crippen molar-refractivity contribution in [1.82, 2.24) is 10.2 Å². The fraction of sp³-hybridized carbons (Fsp3) is 0.696. The number of rotatable bonds is 14. The quantitative estimate of drug-likeness (QED) is 0.476. The maximum absolute atomic E-state index is 11.9. The van der Waals surface area contributed by atoms with E-state index in [9.17, 15) is 4.79 Å². The molecule has 2 atom stereocenters. The van der Waals surface area contributed by atoms with Crippen LogP contribution in [0.4, 0.5) is 0 Å². The Morgan fingerprint density at radius 3 is 2.52 bits per heavy atom. The van der Waals surface area contributed by atoms with Gasteiger partial charge >= 0.3 is 0 Å². The van der Waals surface area contributed by atoms with Gasteiger partial charge in [0.2, 0.25) is 5.91 Å². The first-order valence-electron chi connectivity index (χ1n) is 10.6. The Labute approximate surface area is 176 Å². The number of carbonyl (C=O) groups is 1. The third-order valence-corrected chi connectivity index (χ3v) is 5.56. The summed E-state index contributed by atoms with van der Waals surface area (Å²) in [6, 6.07) is 4.66. The summed E-state index contributed by atoms with van der Waals surface area (Å²) < 4.78 is 16.1. The van der Waals surface area contributed by atoms with Crippen LogP contribution in [-0.4, -0.2) is 64.0 Å². The van der Waals surface area contributed by atoms with E-state index in [0.717, 1.165) is 25.1 Å². The molecule has 6 nitrogen and oxygen atoms in total. The molecule has 0 aliphatic rings. The molecule has 0 aromatic heterocycles. The van der Waals surface area contributed by atoms with E-state index in [1.807, 2.05) is 6.92 Å². The second kappa shape index (κ2) is 13.6. The van der Waals surface area contributed by atoms with Crippen LogP contribution in [0.5, 0.6) is 5.75 Å². The van der Waals surface area contributed by atoms with E-state index < -0.39 is 0 Å². The molecule has 0 heterocycles. The summed E-state index contributed by atoms with van der Waals surface area (Å²) in [6.07, 6.45) is 1.82. The fourth-order valence-corrected chi connectivity index (χ4v) is 3.29. The van der Waals surface area contributed by atoms with Crippen LogP contribution < -0.4 is 10.1 Å². The topological polar surface area (TPSA) is 60.0 Å². The van der Waals surface area contributed by atoms with Crippen LogP contribution in [0.15, 0.2) is 12.1 Å². The van der Waals surface area contributed by atoms with E-state index in [1.54, 1.807) is 7.11 Å². The van der Waals surface area contributed by atoms with Crippen molar-refractivity contribution in [2.75, 3.05) is 47.1 Å². The van der Waals surface area contributed by atoms with Crippen molar-refractivity contribution in [2.24, 2.45) is 0 Å². The van der Waals surface area contributed by atoms with Crippen molar-refractivity contribution in [3.8, 4) is 5.75 Å². The lowest BCUT2D eigenvalue weighted by atomic mass is 9.96. The number of hydrogen-bond acceptors (Lipinski definition) is 5. The molecule has 0 radical (unpaired) electrons. The first-order chi connectivity index (χ1) is 13.8. The Balaban J connectivity index is 2.66. The monoisotopic (exact) mass is 408 g/mol. The molecule has 0 saturated heterocycles. The number of hydrogen-bond donors (Lipinski definition) is 1. The van der Waals surface area contributed by atoms with Gasteiger partial charge in [0.25, 0.3) is 0 Å². The standard InChI is InChI=1S/C23H40N2O4/c1-8-20(24-23(26)16-28-9-2)12-13-25(6)19(5)21-10-11-22(18(4)17(21)3)29-15-14-27-7/h10-11,19-20H,8-9,12-16H2,1-7H3,(H,24,26). The minimum Gasteiger partial charge on any atom is -0.491 e. The average Bonchev–Trinajstić information content (AvgIpc) is 2.72. The van der Waals surface area contributed by atoms with Crippen LogP contribution in [0.25, 0.3) is 0 Å². The van der Waals surface area contributed by atoms with E-state index in [2.05, 4.69) is 57.1 Å².